The first-order valence-electron chi connectivity index (χ1n) is 8.97. The maximum absolute atomic E-state index is 12.2. The molecule has 0 spiro atoms. The molecular weight excluding hydrogens is 422 g/mol. The zero-order valence-electron chi connectivity index (χ0n) is 15.7. The summed E-state index contributed by atoms with van der Waals surface area (Å²) in [5, 5.41) is 6.62. The summed E-state index contributed by atoms with van der Waals surface area (Å²) in [4.78, 5) is 28.7. The Bertz CT molecular complexity index is 1080. The largest absolute Gasteiger partial charge is 0.350 e. The van der Waals surface area contributed by atoms with E-state index in [2.05, 4.69) is 37.3 Å². The van der Waals surface area contributed by atoms with Crippen molar-refractivity contribution >= 4 is 55.8 Å². The summed E-state index contributed by atoms with van der Waals surface area (Å²) >= 11 is 4.60. The van der Waals surface area contributed by atoms with Gasteiger partial charge in [0.2, 0.25) is 5.91 Å². The van der Waals surface area contributed by atoms with Gasteiger partial charge in [0.05, 0.1) is 12.3 Å². The van der Waals surface area contributed by atoms with Gasteiger partial charge in [0.1, 0.15) is 16.1 Å². The van der Waals surface area contributed by atoms with E-state index in [1.54, 1.807) is 22.7 Å². The Morgan fingerprint density at radius 3 is 2.83 bits per heavy atom. The maximum Gasteiger partial charge on any atom is 0.230 e. The molecule has 1 aromatic carbocycles. The van der Waals surface area contributed by atoms with Gasteiger partial charge in [-0.05, 0) is 17.0 Å². The summed E-state index contributed by atoms with van der Waals surface area (Å²) in [7, 11) is 2.02. The highest BCUT2D eigenvalue weighted by molar-refractivity contribution is 8.00. The van der Waals surface area contributed by atoms with Crippen LogP contribution in [0.1, 0.15) is 10.4 Å². The Morgan fingerprint density at radius 2 is 2.03 bits per heavy atom. The Kier molecular flexibility index (Phi) is 6.38. The number of nitrogens with zero attached hydrogens (tertiary/aromatic N) is 4. The number of carbonyl (C=O) groups is 1. The van der Waals surface area contributed by atoms with Gasteiger partial charge >= 0.3 is 0 Å². The molecule has 29 heavy (non-hydrogen) atoms. The average molecular weight is 442 g/mol. The smallest absolute Gasteiger partial charge is 0.230 e. The number of hydrogen-bond donors (Lipinski definition) is 1. The van der Waals surface area contributed by atoms with Gasteiger partial charge in [-0.3, -0.25) is 4.79 Å². The highest BCUT2D eigenvalue weighted by Gasteiger charge is 2.15. The van der Waals surface area contributed by atoms with E-state index in [9.17, 15) is 4.79 Å². The summed E-state index contributed by atoms with van der Waals surface area (Å²) in [6, 6.07) is 14.3. The molecule has 3 heterocycles. The van der Waals surface area contributed by atoms with Crippen molar-refractivity contribution in [1.29, 1.82) is 0 Å². The van der Waals surface area contributed by atoms with Crippen molar-refractivity contribution in [3.05, 3.63) is 64.6 Å². The summed E-state index contributed by atoms with van der Waals surface area (Å²) < 4.78 is 0.915. The zero-order valence-corrected chi connectivity index (χ0v) is 18.2. The molecule has 6 nitrogen and oxygen atoms in total. The molecule has 9 heteroatoms. The molecule has 0 saturated heterocycles. The highest BCUT2D eigenvalue weighted by Crippen LogP contribution is 2.33. The van der Waals surface area contributed by atoms with Crippen molar-refractivity contribution in [2.75, 3.05) is 17.7 Å². The predicted molar refractivity (Wildman–Crippen MR) is 121 cm³/mol. The van der Waals surface area contributed by atoms with Crippen molar-refractivity contribution in [2.24, 2.45) is 0 Å². The number of rotatable bonds is 8. The van der Waals surface area contributed by atoms with Crippen LogP contribution in [-0.4, -0.2) is 33.7 Å². The van der Waals surface area contributed by atoms with Crippen LogP contribution in [0, 0.1) is 0 Å². The van der Waals surface area contributed by atoms with E-state index in [0.29, 0.717) is 17.9 Å². The lowest BCUT2D eigenvalue weighted by atomic mass is 10.2. The van der Waals surface area contributed by atoms with Crippen molar-refractivity contribution in [1.82, 2.24) is 20.3 Å². The lowest BCUT2D eigenvalue weighted by Gasteiger charge is -2.15. The van der Waals surface area contributed by atoms with Crippen molar-refractivity contribution < 1.29 is 4.79 Å². The van der Waals surface area contributed by atoms with E-state index in [4.69, 9.17) is 0 Å². The van der Waals surface area contributed by atoms with Crippen LogP contribution in [0.2, 0.25) is 0 Å². The van der Waals surface area contributed by atoms with Crippen LogP contribution in [0.15, 0.2) is 59.2 Å². The van der Waals surface area contributed by atoms with Gasteiger partial charge in [-0.25, -0.2) is 9.97 Å². The first kappa shape index (κ1) is 19.8. The number of thioether (sulfide) groups is 1. The number of nitrogens with one attached hydrogen (secondary N) is 1. The van der Waals surface area contributed by atoms with Crippen LogP contribution >= 0.6 is 34.4 Å². The second kappa shape index (κ2) is 9.34. The quantitative estimate of drug-likeness (QED) is 0.327. The normalized spacial score (nSPS) is 10.9. The molecule has 0 unspecified atom stereocenters. The molecule has 0 saturated carbocycles. The molecule has 0 fully saturated rings. The van der Waals surface area contributed by atoms with E-state index in [-0.39, 0.29) is 5.91 Å². The number of carbonyl (C=O) groups excluding carboxylic acids is 1. The lowest BCUT2D eigenvalue weighted by Crippen LogP contribution is -2.24. The standard InChI is InChI=1S/C20H19N5OS3/c1-25(11-14-6-3-2-4-7-14)20-24-18-17(29-20)19(23-13-22-18)28-12-16(26)21-10-15-8-5-9-27-15/h2-9,13H,10-12H2,1H3,(H,21,26). The molecule has 4 aromatic rings. The van der Waals surface area contributed by atoms with Crippen molar-refractivity contribution in [3.63, 3.8) is 0 Å². The lowest BCUT2D eigenvalue weighted by molar-refractivity contribution is -0.118. The summed E-state index contributed by atoms with van der Waals surface area (Å²) in [5.74, 6) is 0.297. The molecule has 0 radical (unpaired) electrons. The van der Waals surface area contributed by atoms with Gasteiger partial charge in [-0.15, -0.1) is 11.3 Å². The van der Waals surface area contributed by atoms with Crippen molar-refractivity contribution in [2.45, 2.75) is 18.1 Å². The second-order valence-electron chi connectivity index (χ2n) is 6.31. The minimum Gasteiger partial charge on any atom is -0.350 e. The average Bonchev–Trinajstić information content (AvgIpc) is 3.41. The molecule has 4 rings (SSSR count). The van der Waals surface area contributed by atoms with Gasteiger partial charge in [0, 0.05) is 18.5 Å². The fraction of sp³-hybridized carbons (Fsp3) is 0.200. The molecular formula is C20H19N5OS3. The summed E-state index contributed by atoms with van der Waals surface area (Å²) in [6.07, 6.45) is 1.51. The third-order valence-electron chi connectivity index (χ3n) is 4.12. The number of anilines is 1. The minimum absolute atomic E-state index is 0.0129. The van der Waals surface area contributed by atoms with E-state index in [1.165, 1.54) is 23.7 Å². The van der Waals surface area contributed by atoms with Gasteiger partial charge < -0.3 is 10.2 Å². The number of aromatic nitrogens is 3. The second-order valence-corrected chi connectivity index (χ2v) is 9.29. The Balaban J connectivity index is 1.41. The van der Waals surface area contributed by atoms with E-state index >= 15 is 0 Å². The number of fused-ring (bicyclic) bond motifs is 1. The zero-order chi connectivity index (χ0) is 20.1. The van der Waals surface area contributed by atoms with Gasteiger partial charge in [0.15, 0.2) is 10.8 Å². The van der Waals surface area contributed by atoms with Crippen LogP contribution in [0.5, 0.6) is 0 Å². The van der Waals surface area contributed by atoms with Crippen LogP contribution in [0.4, 0.5) is 5.13 Å². The van der Waals surface area contributed by atoms with Gasteiger partial charge in [0.25, 0.3) is 0 Å². The molecule has 0 aliphatic heterocycles. The molecule has 3 aromatic heterocycles. The van der Waals surface area contributed by atoms with E-state index < -0.39 is 0 Å². The third-order valence-corrected chi connectivity index (χ3v) is 7.28. The highest BCUT2D eigenvalue weighted by atomic mass is 32.2. The van der Waals surface area contributed by atoms with Crippen LogP contribution in [-0.2, 0) is 17.9 Å². The third kappa shape index (κ3) is 5.11. The minimum atomic E-state index is -0.0129. The van der Waals surface area contributed by atoms with Gasteiger partial charge in [-0.2, -0.15) is 4.98 Å². The summed E-state index contributed by atoms with van der Waals surface area (Å²) in [5.41, 5.74) is 1.89. The number of amides is 1. The van der Waals surface area contributed by atoms with E-state index in [1.807, 2.05) is 42.8 Å². The topological polar surface area (TPSA) is 71.0 Å². The molecule has 0 atom stereocenters. The SMILES string of the molecule is CN(Cc1ccccc1)c1nc2ncnc(SCC(=O)NCc3cccs3)c2s1. The number of benzene rings is 1. The van der Waals surface area contributed by atoms with Crippen molar-refractivity contribution in [3.8, 4) is 0 Å². The Hall–Kier alpha value is -2.49. The Labute approximate surface area is 181 Å². The number of thiazole rings is 1. The monoisotopic (exact) mass is 441 g/mol. The first-order valence-corrected chi connectivity index (χ1v) is 11.7. The van der Waals surface area contributed by atoms with Crippen LogP contribution < -0.4 is 10.2 Å². The van der Waals surface area contributed by atoms with Crippen LogP contribution in [0.3, 0.4) is 0 Å². The maximum atomic E-state index is 12.2. The fourth-order valence-electron chi connectivity index (χ4n) is 2.70. The molecule has 1 N–H and O–H groups in total. The Morgan fingerprint density at radius 1 is 1.17 bits per heavy atom. The first-order chi connectivity index (χ1) is 14.2. The fourth-order valence-corrected chi connectivity index (χ4v) is 5.22. The van der Waals surface area contributed by atoms with E-state index in [0.717, 1.165) is 26.3 Å². The number of hydrogen-bond acceptors (Lipinski definition) is 8. The predicted octanol–water partition coefficient (Wildman–Crippen LogP) is 4.19. The molecule has 148 valence electrons. The molecule has 0 aliphatic rings. The van der Waals surface area contributed by atoms with Crippen LogP contribution in [0.25, 0.3) is 10.3 Å². The molecule has 0 aliphatic carbocycles. The van der Waals surface area contributed by atoms with Gasteiger partial charge in [-0.1, -0.05) is 59.5 Å². The molecule has 0 bridgehead atoms. The molecule has 1 amide bonds. The number of thiophene rings is 1. The summed E-state index contributed by atoms with van der Waals surface area (Å²) in [6.45, 7) is 1.33.